The first-order valence-electron chi connectivity index (χ1n) is 10.2. The van der Waals surface area contributed by atoms with Crippen molar-refractivity contribution < 1.29 is 13.9 Å². The molecule has 2 heterocycles. The van der Waals surface area contributed by atoms with Crippen LogP contribution in [0.5, 0.6) is 11.6 Å². The Morgan fingerprint density at radius 1 is 1.21 bits per heavy atom. The zero-order valence-corrected chi connectivity index (χ0v) is 17.3. The van der Waals surface area contributed by atoms with Crippen molar-refractivity contribution in [3.05, 3.63) is 53.0 Å². The minimum absolute atomic E-state index is 0.104. The second-order valence-electron chi connectivity index (χ2n) is 7.87. The number of fused-ring (bicyclic) bond motifs is 1. The van der Waals surface area contributed by atoms with E-state index in [4.69, 9.17) is 9.47 Å². The molecule has 3 unspecified atom stereocenters. The monoisotopic (exact) mass is 397 g/mol. The summed E-state index contributed by atoms with van der Waals surface area (Å²) in [4.78, 5) is 11.1. The van der Waals surface area contributed by atoms with Gasteiger partial charge in [-0.05, 0) is 36.1 Å². The number of ether oxygens (including phenoxy) is 2. The zero-order valence-electron chi connectivity index (χ0n) is 17.3. The SMILES string of the molecule is COc1ccc2c(c1)C=C(CCN1CCC(F)C1)C2C(C)c1nccnc1OC. The van der Waals surface area contributed by atoms with Gasteiger partial charge in [0.1, 0.15) is 17.6 Å². The molecule has 3 atom stereocenters. The number of hydrogen-bond donors (Lipinski definition) is 0. The molecule has 0 bridgehead atoms. The van der Waals surface area contributed by atoms with Gasteiger partial charge in [-0.25, -0.2) is 9.37 Å². The van der Waals surface area contributed by atoms with Gasteiger partial charge in [0, 0.05) is 43.9 Å². The van der Waals surface area contributed by atoms with Crippen LogP contribution in [0, 0.1) is 0 Å². The minimum Gasteiger partial charge on any atom is -0.497 e. The molecule has 1 fully saturated rings. The first-order valence-corrected chi connectivity index (χ1v) is 10.2. The molecule has 2 aliphatic rings. The number of benzene rings is 1. The quantitative estimate of drug-likeness (QED) is 0.700. The maximum absolute atomic E-state index is 13.6. The zero-order chi connectivity index (χ0) is 20.4. The smallest absolute Gasteiger partial charge is 0.235 e. The molecule has 1 aromatic carbocycles. The highest BCUT2D eigenvalue weighted by atomic mass is 19.1. The van der Waals surface area contributed by atoms with Crippen molar-refractivity contribution in [3.8, 4) is 11.6 Å². The summed E-state index contributed by atoms with van der Waals surface area (Å²) in [5, 5.41) is 0. The lowest BCUT2D eigenvalue weighted by Gasteiger charge is -2.26. The number of nitrogens with zero attached hydrogens (tertiary/aromatic N) is 3. The summed E-state index contributed by atoms with van der Waals surface area (Å²) < 4.78 is 24.5. The van der Waals surface area contributed by atoms with Crippen LogP contribution in [-0.2, 0) is 0 Å². The van der Waals surface area contributed by atoms with Crippen LogP contribution in [0.15, 0.2) is 36.2 Å². The fourth-order valence-electron chi connectivity index (χ4n) is 4.63. The Bertz CT molecular complexity index is 901. The summed E-state index contributed by atoms with van der Waals surface area (Å²) in [6.07, 6.45) is 6.50. The summed E-state index contributed by atoms with van der Waals surface area (Å²) in [5.74, 6) is 1.71. The Labute approximate surface area is 171 Å². The van der Waals surface area contributed by atoms with E-state index in [1.54, 1.807) is 26.6 Å². The van der Waals surface area contributed by atoms with Gasteiger partial charge in [0.25, 0.3) is 0 Å². The van der Waals surface area contributed by atoms with Crippen LogP contribution < -0.4 is 9.47 Å². The van der Waals surface area contributed by atoms with E-state index in [1.165, 1.54) is 16.7 Å². The highest BCUT2D eigenvalue weighted by Crippen LogP contribution is 2.48. The van der Waals surface area contributed by atoms with Crippen molar-refractivity contribution in [2.24, 2.45) is 0 Å². The third-order valence-electron chi connectivity index (χ3n) is 6.12. The predicted octanol–water partition coefficient (Wildman–Crippen LogP) is 4.21. The van der Waals surface area contributed by atoms with Crippen molar-refractivity contribution in [2.75, 3.05) is 33.9 Å². The molecule has 1 saturated heterocycles. The molecule has 154 valence electrons. The summed E-state index contributed by atoms with van der Waals surface area (Å²) in [6, 6.07) is 6.25. The van der Waals surface area contributed by atoms with Crippen LogP contribution in [0.25, 0.3) is 6.08 Å². The molecule has 2 aromatic rings. The van der Waals surface area contributed by atoms with Crippen molar-refractivity contribution in [1.29, 1.82) is 0 Å². The number of alkyl halides is 1. The average Bonchev–Trinajstić information content (AvgIpc) is 3.33. The van der Waals surface area contributed by atoms with Gasteiger partial charge in [0.15, 0.2) is 0 Å². The Morgan fingerprint density at radius 2 is 2.03 bits per heavy atom. The molecular formula is C23H28FN3O2. The maximum Gasteiger partial charge on any atom is 0.235 e. The lowest BCUT2D eigenvalue weighted by molar-refractivity contribution is 0.289. The predicted molar refractivity (Wildman–Crippen MR) is 111 cm³/mol. The molecule has 0 saturated carbocycles. The van der Waals surface area contributed by atoms with Crippen molar-refractivity contribution >= 4 is 6.08 Å². The van der Waals surface area contributed by atoms with E-state index in [9.17, 15) is 4.39 Å². The largest absolute Gasteiger partial charge is 0.497 e. The molecule has 1 aliphatic heterocycles. The van der Waals surface area contributed by atoms with Gasteiger partial charge in [-0.2, -0.15) is 0 Å². The normalized spacial score (nSPS) is 22.3. The fourth-order valence-corrected chi connectivity index (χ4v) is 4.63. The molecule has 4 rings (SSSR count). The molecule has 1 aliphatic carbocycles. The van der Waals surface area contributed by atoms with Gasteiger partial charge in [-0.15, -0.1) is 0 Å². The molecule has 6 heteroatoms. The maximum atomic E-state index is 13.6. The number of rotatable bonds is 7. The number of likely N-dealkylation sites (tertiary alicyclic amines) is 1. The van der Waals surface area contributed by atoms with E-state index in [0.29, 0.717) is 18.8 Å². The summed E-state index contributed by atoms with van der Waals surface area (Å²) in [5.41, 5.74) is 4.66. The Morgan fingerprint density at radius 3 is 2.76 bits per heavy atom. The molecule has 0 spiro atoms. The van der Waals surface area contributed by atoms with Crippen LogP contribution in [0.2, 0.25) is 0 Å². The second kappa shape index (κ2) is 8.49. The molecular weight excluding hydrogens is 369 g/mol. The fraction of sp³-hybridized carbons (Fsp3) is 0.478. The summed E-state index contributed by atoms with van der Waals surface area (Å²) >= 11 is 0. The lowest BCUT2D eigenvalue weighted by atomic mass is 9.81. The lowest BCUT2D eigenvalue weighted by Crippen LogP contribution is -2.23. The van der Waals surface area contributed by atoms with Gasteiger partial charge in [-0.3, -0.25) is 4.98 Å². The van der Waals surface area contributed by atoms with Crippen LogP contribution in [-0.4, -0.2) is 54.9 Å². The topological polar surface area (TPSA) is 47.5 Å². The standard InChI is InChI=1S/C23H28FN3O2/c1-15(22-23(29-3)26-9-8-25-22)21-16(6-10-27-11-7-18(24)14-27)12-17-13-19(28-2)4-5-20(17)21/h4-5,8-9,12-13,15,18,21H,6-7,10-11,14H2,1-3H3. The van der Waals surface area contributed by atoms with Crippen LogP contribution >= 0.6 is 0 Å². The first kappa shape index (κ1) is 19.8. The highest BCUT2D eigenvalue weighted by molar-refractivity contribution is 5.69. The third kappa shape index (κ3) is 3.99. The van der Waals surface area contributed by atoms with E-state index in [-0.39, 0.29) is 11.8 Å². The number of aromatic nitrogens is 2. The molecule has 0 amide bonds. The van der Waals surface area contributed by atoms with Crippen molar-refractivity contribution in [3.63, 3.8) is 0 Å². The second-order valence-corrected chi connectivity index (χ2v) is 7.87. The van der Waals surface area contributed by atoms with Gasteiger partial charge in [-0.1, -0.05) is 24.6 Å². The third-order valence-corrected chi connectivity index (χ3v) is 6.12. The van der Waals surface area contributed by atoms with E-state index < -0.39 is 6.17 Å². The van der Waals surface area contributed by atoms with E-state index >= 15 is 0 Å². The van der Waals surface area contributed by atoms with Gasteiger partial charge < -0.3 is 14.4 Å². The molecule has 0 radical (unpaired) electrons. The van der Waals surface area contributed by atoms with Gasteiger partial charge in [0.05, 0.1) is 14.2 Å². The van der Waals surface area contributed by atoms with Crippen LogP contribution in [0.4, 0.5) is 4.39 Å². The number of methoxy groups -OCH3 is 2. The first-order chi connectivity index (χ1) is 14.1. The van der Waals surface area contributed by atoms with Crippen LogP contribution in [0.3, 0.4) is 0 Å². The van der Waals surface area contributed by atoms with Crippen LogP contribution in [0.1, 0.15) is 48.4 Å². The molecule has 0 N–H and O–H groups in total. The number of halogens is 1. The molecule has 29 heavy (non-hydrogen) atoms. The van der Waals surface area contributed by atoms with E-state index in [0.717, 1.165) is 31.0 Å². The minimum atomic E-state index is -0.687. The van der Waals surface area contributed by atoms with Gasteiger partial charge in [0.2, 0.25) is 5.88 Å². The Hall–Kier alpha value is -2.47. The van der Waals surface area contributed by atoms with Gasteiger partial charge >= 0.3 is 0 Å². The van der Waals surface area contributed by atoms with Crippen molar-refractivity contribution in [1.82, 2.24) is 14.9 Å². The number of hydrogen-bond acceptors (Lipinski definition) is 5. The Kier molecular flexibility index (Phi) is 5.81. The molecule has 5 nitrogen and oxygen atoms in total. The summed E-state index contributed by atoms with van der Waals surface area (Å²) in [6.45, 7) is 4.44. The summed E-state index contributed by atoms with van der Waals surface area (Å²) in [7, 11) is 3.32. The highest BCUT2D eigenvalue weighted by Gasteiger charge is 2.34. The average molecular weight is 397 g/mol. The Balaban J connectivity index is 1.64. The molecule has 1 aromatic heterocycles. The van der Waals surface area contributed by atoms with Crippen molar-refractivity contribution in [2.45, 2.75) is 37.8 Å². The van der Waals surface area contributed by atoms with E-state index in [2.05, 4.69) is 40.0 Å². The van der Waals surface area contributed by atoms with E-state index in [1.807, 2.05) is 6.07 Å².